The molecule has 4 rings (SSSR count). The summed E-state index contributed by atoms with van der Waals surface area (Å²) in [5.41, 5.74) is 0.776. The molecule has 0 radical (unpaired) electrons. The van der Waals surface area contributed by atoms with Gasteiger partial charge in [0.2, 0.25) is 11.8 Å². The number of hydrogen-bond donors (Lipinski definition) is 3. The Balaban J connectivity index is 1.59. The first kappa shape index (κ1) is 32.6. The third-order valence-corrected chi connectivity index (χ3v) is 9.53. The van der Waals surface area contributed by atoms with Crippen LogP contribution in [0.25, 0.3) is 0 Å². The van der Waals surface area contributed by atoms with Crippen molar-refractivity contribution in [3.63, 3.8) is 0 Å². The summed E-state index contributed by atoms with van der Waals surface area (Å²) in [6.45, 7) is 5.49. The van der Waals surface area contributed by atoms with Crippen LogP contribution in [-0.4, -0.2) is 66.9 Å². The highest BCUT2D eigenvalue weighted by atomic mass is 35.5. The average molecular weight is 635 g/mol. The van der Waals surface area contributed by atoms with Gasteiger partial charge in [0.05, 0.1) is 5.02 Å². The summed E-state index contributed by atoms with van der Waals surface area (Å²) < 4.78 is 33.6. The van der Waals surface area contributed by atoms with Crippen molar-refractivity contribution in [2.45, 2.75) is 100 Å². The number of halogens is 1. The van der Waals surface area contributed by atoms with Gasteiger partial charge in [-0.15, -0.1) is 5.73 Å². The van der Waals surface area contributed by atoms with Gasteiger partial charge in [0.25, 0.3) is 15.9 Å². The summed E-state index contributed by atoms with van der Waals surface area (Å²) in [7, 11) is -4.34. The van der Waals surface area contributed by atoms with Crippen molar-refractivity contribution in [3.05, 3.63) is 47.2 Å². The smallest absolute Gasteiger partial charge is 0.408 e. The van der Waals surface area contributed by atoms with E-state index in [0.29, 0.717) is 38.6 Å². The second-order valence-corrected chi connectivity index (χ2v) is 14.3. The summed E-state index contributed by atoms with van der Waals surface area (Å²) in [5, 5.41) is 5.42. The zero-order valence-electron chi connectivity index (χ0n) is 24.7. The molecule has 2 heterocycles. The van der Waals surface area contributed by atoms with Crippen LogP contribution in [0, 0.1) is 5.92 Å². The molecule has 4 amide bonds. The number of carbonyl (C=O) groups excluding carboxylic acids is 4. The number of nitrogens with one attached hydrogen (secondary N) is 3. The van der Waals surface area contributed by atoms with Crippen molar-refractivity contribution in [1.29, 1.82) is 0 Å². The molecule has 43 heavy (non-hydrogen) atoms. The lowest BCUT2D eigenvalue weighted by molar-refractivity contribution is -0.141. The van der Waals surface area contributed by atoms with E-state index in [2.05, 4.69) is 21.1 Å². The molecular weight excluding hydrogens is 596 g/mol. The summed E-state index contributed by atoms with van der Waals surface area (Å²) in [6.07, 6.45) is 7.22. The number of benzene rings is 1. The first-order valence-electron chi connectivity index (χ1n) is 14.6. The van der Waals surface area contributed by atoms with Crippen LogP contribution < -0.4 is 15.4 Å². The van der Waals surface area contributed by atoms with Crippen LogP contribution in [0.3, 0.4) is 0 Å². The van der Waals surface area contributed by atoms with Crippen molar-refractivity contribution < 1.29 is 32.3 Å². The quantitative estimate of drug-likeness (QED) is 0.428. The number of rotatable bonds is 4. The largest absolute Gasteiger partial charge is 0.444 e. The number of carbonyl (C=O) groups is 4. The second-order valence-electron chi connectivity index (χ2n) is 12.2. The molecule has 2 aliphatic heterocycles. The molecule has 2 fully saturated rings. The number of fused-ring (bicyclic) bond motifs is 2. The highest BCUT2D eigenvalue weighted by Crippen LogP contribution is 2.45. The zero-order valence-corrected chi connectivity index (χ0v) is 26.2. The summed E-state index contributed by atoms with van der Waals surface area (Å²) in [4.78, 5) is 54.7. The number of nitrogens with zero attached hydrogens (tertiary/aromatic N) is 1. The Bertz CT molecular complexity index is 1430. The van der Waals surface area contributed by atoms with Gasteiger partial charge in [-0.1, -0.05) is 36.6 Å². The molecule has 0 unspecified atom stereocenters. The minimum atomic E-state index is -4.34. The van der Waals surface area contributed by atoms with Crippen molar-refractivity contribution >= 4 is 45.4 Å². The Morgan fingerprint density at radius 3 is 2.58 bits per heavy atom. The first-order chi connectivity index (χ1) is 20.2. The SMILES string of the molecule is CC(C)(C)OC(=O)N[C@H]1CCCCCC=C=C[C@@H]2C[C@@]2(C(=O)NS(=O)(=O)c2ccccc2Cl)NC(=O)[C@@H]2CCCN2C1=O. The van der Waals surface area contributed by atoms with Crippen molar-refractivity contribution in [1.82, 2.24) is 20.3 Å². The fourth-order valence-electron chi connectivity index (χ4n) is 5.43. The number of ether oxygens (including phenoxy) is 1. The topological polar surface area (TPSA) is 151 Å². The van der Waals surface area contributed by atoms with E-state index in [1.165, 1.54) is 23.1 Å². The van der Waals surface area contributed by atoms with Gasteiger partial charge in [0, 0.05) is 12.5 Å². The van der Waals surface area contributed by atoms with E-state index >= 15 is 0 Å². The third kappa shape index (κ3) is 7.99. The van der Waals surface area contributed by atoms with E-state index in [0.717, 1.165) is 12.8 Å². The lowest BCUT2D eigenvalue weighted by Crippen LogP contribution is -2.58. The zero-order chi connectivity index (χ0) is 31.4. The minimum Gasteiger partial charge on any atom is -0.444 e. The first-order valence-corrected chi connectivity index (χ1v) is 16.4. The molecule has 4 atom stereocenters. The summed E-state index contributed by atoms with van der Waals surface area (Å²) in [6, 6.07) is 3.95. The van der Waals surface area contributed by atoms with Crippen molar-refractivity contribution in [2.75, 3.05) is 6.54 Å². The van der Waals surface area contributed by atoms with Crippen LogP contribution in [0.1, 0.15) is 72.1 Å². The molecule has 1 aromatic rings. The van der Waals surface area contributed by atoms with Gasteiger partial charge in [-0.3, -0.25) is 14.4 Å². The van der Waals surface area contributed by atoms with Crippen molar-refractivity contribution in [3.8, 4) is 0 Å². The van der Waals surface area contributed by atoms with E-state index in [1.807, 2.05) is 6.08 Å². The molecule has 13 heteroatoms. The van der Waals surface area contributed by atoms with Crippen LogP contribution in [0.5, 0.6) is 0 Å². The molecule has 1 saturated heterocycles. The average Bonchev–Trinajstić information content (AvgIpc) is 3.37. The Labute approximate surface area is 257 Å². The molecule has 1 saturated carbocycles. The van der Waals surface area contributed by atoms with Crippen LogP contribution in [0.15, 0.2) is 47.0 Å². The Kier molecular flexibility index (Phi) is 9.93. The van der Waals surface area contributed by atoms with E-state index in [-0.39, 0.29) is 16.3 Å². The predicted octanol–water partition coefficient (Wildman–Crippen LogP) is 3.58. The van der Waals surface area contributed by atoms with Crippen LogP contribution in [0.4, 0.5) is 4.79 Å². The molecule has 234 valence electrons. The molecule has 3 aliphatic rings. The third-order valence-electron chi connectivity index (χ3n) is 7.70. The lowest BCUT2D eigenvalue weighted by Gasteiger charge is -2.30. The van der Waals surface area contributed by atoms with Crippen LogP contribution >= 0.6 is 11.6 Å². The molecule has 1 aromatic carbocycles. The number of hydrogen-bond acceptors (Lipinski definition) is 7. The van der Waals surface area contributed by atoms with E-state index in [4.69, 9.17) is 16.3 Å². The van der Waals surface area contributed by atoms with Crippen LogP contribution in [-0.2, 0) is 29.1 Å². The molecule has 11 nitrogen and oxygen atoms in total. The molecule has 1 aliphatic carbocycles. The van der Waals surface area contributed by atoms with Crippen molar-refractivity contribution in [2.24, 2.45) is 5.92 Å². The Hall–Kier alpha value is -3.34. The fraction of sp³-hybridized carbons (Fsp3) is 0.567. The van der Waals surface area contributed by atoms with E-state index in [1.54, 1.807) is 32.9 Å². The molecule has 0 aromatic heterocycles. The van der Waals surface area contributed by atoms with Gasteiger partial charge in [-0.25, -0.2) is 17.9 Å². The lowest BCUT2D eigenvalue weighted by atomic mass is 10.0. The maximum absolute atomic E-state index is 13.7. The van der Waals surface area contributed by atoms with Crippen LogP contribution in [0.2, 0.25) is 5.02 Å². The maximum Gasteiger partial charge on any atom is 0.408 e. The molecular formula is C30H39ClN4O7S. The van der Waals surface area contributed by atoms with E-state index < -0.39 is 63.0 Å². The van der Waals surface area contributed by atoms with Gasteiger partial charge in [0.15, 0.2) is 0 Å². The normalized spacial score (nSPS) is 26.6. The minimum absolute atomic E-state index is 0.0489. The maximum atomic E-state index is 13.7. The molecule has 0 bridgehead atoms. The molecule has 0 spiro atoms. The summed E-state index contributed by atoms with van der Waals surface area (Å²) in [5.74, 6) is -2.37. The monoisotopic (exact) mass is 634 g/mol. The number of alkyl carbamates (subject to hydrolysis) is 1. The summed E-state index contributed by atoms with van der Waals surface area (Å²) >= 11 is 6.08. The van der Waals surface area contributed by atoms with E-state index in [9.17, 15) is 27.6 Å². The number of amides is 4. The predicted molar refractivity (Wildman–Crippen MR) is 159 cm³/mol. The standard InChI is InChI=1S/C30H39ClN4O7S/c1-29(2,3)42-28(39)32-22-15-9-7-5-4-6-8-13-20-19-30(20,33-25(36)23-16-12-18-35(23)26(22)37)27(38)34-43(40,41)24-17-11-10-14-21(24)31/h6,10-11,13-14,17,20,22-23H,4-5,7,9,12,15-16,18-19H2,1-3H3,(H,32,39)(H,33,36)(H,34,38)/t8?,20-,22+,23+,30-/m1/s1. The van der Waals surface area contributed by atoms with Gasteiger partial charge in [0.1, 0.15) is 28.1 Å². The fourth-order valence-corrected chi connectivity index (χ4v) is 6.99. The van der Waals surface area contributed by atoms with Gasteiger partial charge in [-0.05, 0) is 83.6 Å². The molecule has 3 N–H and O–H groups in total. The Morgan fingerprint density at radius 1 is 1.12 bits per heavy atom. The van der Waals surface area contributed by atoms with Gasteiger partial charge >= 0.3 is 6.09 Å². The highest BCUT2D eigenvalue weighted by molar-refractivity contribution is 7.90. The Morgan fingerprint density at radius 2 is 1.86 bits per heavy atom. The second kappa shape index (κ2) is 13.1. The number of sulfonamides is 1. The highest BCUT2D eigenvalue weighted by Gasteiger charge is 2.61. The van der Waals surface area contributed by atoms with Gasteiger partial charge < -0.3 is 20.3 Å². The van der Waals surface area contributed by atoms with Gasteiger partial charge in [-0.2, -0.15) is 0 Å².